The molecule has 0 amide bonds. The fraction of sp³-hybridized carbons (Fsp3) is 0.400. The van der Waals surface area contributed by atoms with Crippen LogP contribution in [0.2, 0.25) is 0 Å². The molecule has 14 heavy (non-hydrogen) atoms. The van der Waals surface area contributed by atoms with Gasteiger partial charge in [0, 0.05) is 6.20 Å². The third-order valence-electron chi connectivity index (χ3n) is 2.05. The number of rotatable bonds is 4. The second kappa shape index (κ2) is 4.72. The normalized spacial score (nSPS) is 12.4. The zero-order chi connectivity index (χ0) is 10.6. The van der Waals surface area contributed by atoms with Crippen LogP contribution in [0.4, 0.5) is 0 Å². The molecular formula is C10H14N2O2. The summed E-state index contributed by atoms with van der Waals surface area (Å²) >= 11 is 0. The van der Waals surface area contributed by atoms with E-state index in [1.54, 1.807) is 12.3 Å². The smallest absolute Gasteiger partial charge is 0.312 e. The lowest BCUT2D eigenvalue weighted by Gasteiger charge is -2.10. The van der Waals surface area contributed by atoms with Crippen molar-refractivity contribution in [3.63, 3.8) is 0 Å². The molecule has 1 atom stereocenters. The minimum absolute atomic E-state index is 0.354. The number of hydrogen-bond acceptors (Lipinski definition) is 3. The van der Waals surface area contributed by atoms with Crippen molar-refractivity contribution in [3.8, 4) is 0 Å². The molecule has 0 fully saturated rings. The molecule has 4 heteroatoms. The molecule has 4 nitrogen and oxygen atoms in total. The average Bonchev–Trinajstić information content (AvgIpc) is 2.13. The summed E-state index contributed by atoms with van der Waals surface area (Å²) in [4.78, 5) is 14.9. The van der Waals surface area contributed by atoms with Crippen LogP contribution in [0.3, 0.4) is 0 Å². The molecule has 0 radical (unpaired) electrons. The van der Waals surface area contributed by atoms with Crippen molar-refractivity contribution in [2.24, 2.45) is 5.73 Å². The topological polar surface area (TPSA) is 76.2 Å². The van der Waals surface area contributed by atoms with Gasteiger partial charge in [0.05, 0.1) is 5.69 Å². The molecular weight excluding hydrogens is 180 g/mol. The highest BCUT2D eigenvalue weighted by Gasteiger charge is 2.19. The van der Waals surface area contributed by atoms with E-state index < -0.39 is 11.9 Å². The Kier molecular flexibility index (Phi) is 3.59. The third kappa shape index (κ3) is 2.53. The second-order valence-corrected chi connectivity index (χ2v) is 3.23. The number of nitrogens with two attached hydrogens (primary N) is 1. The van der Waals surface area contributed by atoms with E-state index in [0.717, 1.165) is 5.56 Å². The lowest BCUT2D eigenvalue weighted by atomic mass is 10.00. The molecule has 0 aromatic carbocycles. The van der Waals surface area contributed by atoms with E-state index in [1.807, 2.05) is 13.0 Å². The Labute approximate surface area is 82.8 Å². The summed E-state index contributed by atoms with van der Waals surface area (Å²) in [5.74, 6) is -1.45. The van der Waals surface area contributed by atoms with Gasteiger partial charge in [-0.15, -0.1) is 0 Å². The molecule has 76 valence electrons. The summed E-state index contributed by atoms with van der Waals surface area (Å²) in [5, 5.41) is 8.95. The number of carboxylic acid groups (broad SMARTS) is 1. The quantitative estimate of drug-likeness (QED) is 0.746. The molecule has 1 unspecified atom stereocenters. The molecule has 1 aromatic rings. The molecule has 1 rings (SSSR count). The van der Waals surface area contributed by atoms with Gasteiger partial charge < -0.3 is 10.8 Å². The average molecular weight is 194 g/mol. The number of hydrogen-bond donors (Lipinski definition) is 2. The van der Waals surface area contributed by atoms with Crippen LogP contribution in [0, 0.1) is 6.92 Å². The predicted octanol–water partition coefficient (Wildman–Crippen LogP) is 0.907. The summed E-state index contributed by atoms with van der Waals surface area (Å²) in [6, 6.07) is 3.62. The second-order valence-electron chi connectivity index (χ2n) is 3.23. The molecule has 1 aromatic heterocycles. The number of aryl methyl sites for hydroxylation is 1. The van der Waals surface area contributed by atoms with Crippen LogP contribution in [-0.4, -0.2) is 22.6 Å². The monoisotopic (exact) mass is 194 g/mol. The van der Waals surface area contributed by atoms with Crippen molar-refractivity contribution in [3.05, 3.63) is 29.6 Å². The van der Waals surface area contributed by atoms with Crippen molar-refractivity contribution >= 4 is 5.97 Å². The van der Waals surface area contributed by atoms with Gasteiger partial charge in [-0.25, -0.2) is 0 Å². The number of carbonyl (C=O) groups is 1. The first-order valence-corrected chi connectivity index (χ1v) is 4.50. The Hall–Kier alpha value is -1.42. The Morgan fingerprint density at radius 3 is 2.93 bits per heavy atom. The molecule has 0 aliphatic heterocycles. The van der Waals surface area contributed by atoms with Crippen LogP contribution in [0.5, 0.6) is 0 Å². The van der Waals surface area contributed by atoms with Gasteiger partial charge in [-0.05, 0) is 37.6 Å². The number of nitrogens with zero attached hydrogens (tertiary/aromatic N) is 1. The zero-order valence-corrected chi connectivity index (χ0v) is 8.10. The summed E-state index contributed by atoms with van der Waals surface area (Å²) in [6.45, 7) is 2.26. The highest BCUT2D eigenvalue weighted by Crippen LogP contribution is 2.17. The number of pyridine rings is 1. The fourth-order valence-corrected chi connectivity index (χ4v) is 1.31. The number of carboxylic acids is 1. The predicted molar refractivity (Wildman–Crippen MR) is 53.0 cm³/mol. The summed E-state index contributed by atoms with van der Waals surface area (Å²) in [7, 11) is 0. The summed E-state index contributed by atoms with van der Waals surface area (Å²) < 4.78 is 0. The van der Waals surface area contributed by atoms with E-state index in [-0.39, 0.29) is 0 Å². The first kappa shape index (κ1) is 10.7. The van der Waals surface area contributed by atoms with Gasteiger partial charge in [-0.1, -0.05) is 0 Å². The van der Waals surface area contributed by atoms with E-state index in [4.69, 9.17) is 10.8 Å². The van der Waals surface area contributed by atoms with Gasteiger partial charge in [-0.2, -0.15) is 0 Å². The van der Waals surface area contributed by atoms with Crippen LogP contribution in [0.15, 0.2) is 18.3 Å². The molecule has 0 aliphatic rings. The van der Waals surface area contributed by atoms with Gasteiger partial charge in [0.2, 0.25) is 0 Å². The lowest BCUT2D eigenvalue weighted by Crippen LogP contribution is -2.17. The largest absolute Gasteiger partial charge is 0.481 e. The van der Waals surface area contributed by atoms with Crippen LogP contribution in [0.25, 0.3) is 0 Å². The summed E-state index contributed by atoms with van der Waals surface area (Å²) in [6.07, 6.45) is 2.04. The Morgan fingerprint density at radius 2 is 2.43 bits per heavy atom. The van der Waals surface area contributed by atoms with Gasteiger partial charge in [0.1, 0.15) is 5.92 Å². The highest BCUT2D eigenvalue weighted by molar-refractivity contribution is 5.75. The minimum Gasteiger partial charge on any atom is -0.481 e. The van der Waals surface area contributed by atoms with Crippen LogP contribution >= 0.6 is 0 Å². The van der Waals surface area contributed by atoms with Crippen molar-refractivity contribution in [1.82, 2.24) is 4.98 Å². The highest BCUT2D eigenvalue weighted by atomic mass is 16.4. The molecule has 0 bridgehead atoms. The number of aromatic nitrogens is 1. The van der Waals surface area contributed by atoms with Crippen LogP contribution in [0.1, 0.15) is 23.6 Å². The number of aliphatic carboxylic acids is 1. The molecule has 1 heterocycles. The maximum atomic E-state index is 10.9. The van der Waals surface area contributed by atoms with Crippen LogP contribution in [-0.2, 0) is 4.79 Å². The Balaban J connectivity index is 2.93. The van der Waals surface area contributed by atoms with E-state index >= 15 is 0 Å². The van der Waals surface area contributed by atoms with Gasteiger partial charge in [-0.3, -0.25) is 9.78 Å². The Morgan fingerprint density at radius 1 is 1.71 bits per heavy atom. The summed E-state index contributed by atoms with van der Waals surface area (Å²) in [5.41, 5.74) is 6.95. The van der Waals surface area contributed by atoms with E-state index in [2.05, 4.69) is 4.98 Å². The van der Waals surface area contributed by atoms with E-state index in [9.17, 15) is 4.79 Å². The third-order valence-corrected chi connectivity index (χ3v) is 2.05. The van der Waals surface area contributed by atoms with Gasteiger partial charge >= 0.3 is 5.97 Å². The van der Waals surface area contributed by atoms with Crippen molar-refractivity contribution in [2.75, 3.05) is 6.54 Å². The van der Waals surface area contributed by atoms with Crippen molar-refractivity contribution in [1.29, 1.82) is 0 Å². The molecule has 3 N–H and O–H groups in total. The minimum atomic E-state index is -0.867. The van der Waals surface area contributed by atoms with E-state index in [0.29, 0.717) is 18.7 Å². The molecule has 0 saturated heterocycles. The van der Waals surface area contributed by atoms with Crippen molar-refractivity contribution in [2.45, 2.75) is 19.3 Å². The van der Waals surface area contributed by atoms with E-state index in [1.165, 1.54) is 0 Å². The molecule has 0 spiro atoms. The molecule has 0 aliphatic carbocycles. The van der Waals surface area contributed by atoms with Gasteiger partial charge in [0.25, 0.3) is 0 Å². The zero-order valence-electron chi connectivity index (χ0n) is 8.10. The van der Waals surface area contributed by atoms with Crippen molar-refractivity contribution < 1.29 is 9.90 Å². The maximum absolute atomic E-state index is 10.9. The van der Waals surface area contributed by atoms with Gasteiger partial charge in [0.15, 0.2) is 0 Å². The SMILES string of the molecule is Cc1ccnc(C(CCN)C(=O)O)c1. The standard InChI is InChI=1S/C10H14N2O2/c1-7-3-5-12-9(6-7)8(2-4-11)10(13)14/h3,5-6,8H,2,4,11H2,1H3,(H,13,14). The van der Waals surface area contributed by atoms with Crippen LogP contribution < -0.4 is 5.73 Å². The first-order valence-electron chi connectivity index (χ1n) is 4.50. The molecule has 0 saturated carbocycles. The fourth-order valence-electron chi connectivity index (χ4n) is 1.31. The lowest BCUT2D eigenvalue weighted by molar-refractivity contribution is -0.139. The Bertz CT molecular complexity index is 326. The first-order chi connectivity index (χ1) is 6.65. The maximum Gasteiger partial charge on any atom is 0.312 e.